The highest BCUT2D eigenvalue weighted by Gasteiger charge is 2.30. The molecule has 3 aromatic rings. The standard InChI is InChI=1S/C27H34FN5O3S/c1-17(2)33(35)14-18-7-8-20(22(28)13-18)21-15-37-24-23(21)29-16-30-25(24)31(6)19-9-11-32(12-10-19)26(34)36-27(3,4)5/h7-8,13-17,19H,9-12H2,1-6H3/b33-14-. The number of anilines is 1. The fourth-order valence-electron chi connectivity index (χ4n) is 4.34. The van der Waals surface area contributed by atoms with Crippen LogP contribution in [0.15, 0.2) is 29.9 Å². The summed E-state index contributed by atoms with van der Waals surface area (Å²) in [6.45, 7) is 10.4. The minimum absolute atomic E-state index is 0.199. The number of ether oxygens (including phenoxy) is 1. The zero-order valence-electron chi connectivity index (χ0n) is 22.2. The summed E-state index contributed by atoms with van der Waals surface area (Å²) in [6.07, 6.45) is 4.21. The van der Waals surface area contributed by atoms with E-state index in [0.29, 0.717) is 35.3 Å². The van der Waals surface area contributed by atoms with E-state index in [-0.39, 0.29) is 18.2 Å². The first kappa shape index (κ1) is 26.8. The van der Waals surface area contributed by atoms with Gasteiger partial charge in [-0.1, -0.05) is 6.07 Å². The third-order valence-electron chi connectivity index (χ3n) is 6.40. The molecule has 8 nitrogen and oxygen atoms in total. The predicted octanol–water partition coefficient (Wildman–Crippen LogP) is 5.67. The maximum absolute atomic E-state index is 15.1. The van der Waals surface area contributed by atoms with E-state index in [1.54, 1.807) is 30.9 Å². The van der Waals surface area contributed by atoms with E-state index >= 15 is 4.39 Å². The Balaban J connectivity index is 1.54. The molecule has 3 heterocycles. The average Bonchev–Trinajstić information content (AvgIpc) is 3.27. The van der Waals surface area contributed by atoms with Crippen LogP contribution in [0, 0.1) is 11.0 Å². The van der Waals surface area contributed by atoms with Crippen molar-refractivity contribution in [2.45, 2.75) is 65.1 Å². The first-order valence-corrected chi connectivity index (χ1v) is 13.4. The highest BCUT2D eigenvalue weighted by atomic mass is 32.1. The maximum Gasteiger partial charge on any atom is 0.410 e. The number of benzene rings is 1. The highest BCUT2D eigenvalue weighted by molar-refractivity contribution is 7.18. The van der Waals surface area contributed by atoms with Crippen molar-refractivity contribution in [3.8, 4) is 11.1 Å². The van der Waals surface area contributed by atoms with Crippen molar-refractivity contribution in [3.05, 3.63) is 46.5 Å². The van der Waals surface area contributed by atoms with Crippen LogP contribution in [0.5, 0.6) is 0 Å². The van der Waals surface area contributed by atoms with E-state index in [4.69, 9.17) is 4.74 Å². The molecule has 0 atom stereocenters. The fourth-order valence-corrected chi connectivity index (χ4v) is 5.39. The Kier molecular flexibility index (Phi) is 7.68. The molecule has 0 N–H and O–H groups in total. The van der Waals surface area contributed by atoms with E-state index in [9.17, 15) is 10.0 Å². The molecule has 0 bridgehead atoms. The minimum atomic E-state index is -0.517. The third kappa shape index (κ3) is 6.01. The van der Waals surface area contributed by atoms with E-state index in [1.807, 2.05) is 33.2 Å². The van der Waals surface area contributed by atoms with Gasteiger partial charge in [0.15, 0.2) is 12.3 Å². The number of nitrogens with zero attached hydrogens (tertiary/aromatic N) is 5. The topological polar surface area (TPSA) is 84.6 Å². The molecular formula is C27H34FN5O3S. The number of likely N-dealkylation sites (tertiary alicyclic amines) is 1. The highest BCUT2D eigenvalue weighted by Crippen LogP contribution is 2.38. The summed E-state index contributed by atoms with van der Waals surface area (Å²) in [4.78, 5) is 25.4. The molecule has 1 saturated heterocycles. The molecule has 1 aliphatic heterocycles. The van der Waals surface area contributed by atoms with Crippen molar-refractivity contribution >= 4 is 39.7 Å². The fraction of sp³-hybridized carbons (Fsp3) is 0.481. The normalized spacial score (nSPS) is 15.5. The number of amides is 1. The van der Waals surface area contributed by atoms with Crippen LogP contribution >= 0.6 is 11.3 Å². The van der Waals surface area contributed by atoms with Gasteiger partial charge in [0.2, 0.25) is 0 Å². The summed E-state index contributed by atoms with van der Waals surface area (Å²) in [7, 11) is 2.00. The molecule has 1 aliphatic rings. The monoisotopic (exact) mass is 527 g/mol. The van der Waals surface area contributed by atoms with Crippen molar-refractivity contribution in [2.75, 3.05) is 25.0 Å². The maximum atomic E-state index is 15.1. The first-order chi connectivity index (χ1) is 17.4. The van der Waals surface area contributed by atoms with Gasteiger partial charge in [0.05, 0.1) is 10.2 Å². The molecule has 1 aromatic carbocycles. The molecule has 0 unspecified atom stereocenters. The number of hydrogen-bond acceptors (Lipinski definition) is 7. The van der Waals surface area contributed by atoms with Gasteiger partial charge in [-0.15, -0.1) is 11.3 Å². The summed E-state index contributed by atoms with van der Waals surface area (Å²) in [5, 5.41) is 13.8. The van der Waals surface area contributed by atoms with Gasteiger partial charge in [-0.25, -0.2) is 23.9 Å². The number of rotatable bonds is 5. The molecule has 1 amide bonds. The Morgan fingerprint density at radius 2 is 1.97 bits per heavy atom. The second-order valence-corrected chi connectivity index (χ2v) is 11.5. The number of carbonyl (C=O) groups excluding carboxylic acids is 1. The van der Waals surface area contributed by atoms with Crippen LogP contribution in [0.2, 0.25) is 0 Å². The quantitative estimate of drug-likeness (QED) is 0.184. The van der Waals surface area contributed by atoms with Crippen LogP contribution in [0.1, 0.15) is 53.0 Å². The molecule has 198 valence electrons. The van der Waals surface area contributed by atoms with Gasteiger partial charge in [-0.05, 0) is 59.6 Å². The van der Waals surface area contributed by atoms with Crippen molar-refractivity contribution < 1.29 is 18.7 Å². The van der Waals surface area contributed by atoms with Crippen LogP contribution in [0.25, 0.3) is 21.3 Å². The summed E-state index contributed by atoms with van der Waals surface area (Å²) < 4.78 is 22.3. The number of fused-ring (bicyclic) bond motifs is 1. The third-order valence-corrected chi connectivity index (χ3v) is 7.37. The van der Waals surface area contributed by atoms with Crippen LogP contribution in [0.4, 0.5) is 15.0 Å². The SMILES string of the molecule is CC(C)/[N+]([O-])=C/c1ccc(-c2csc3c(N(C)C4CCN(C(=O)OC(C)(C)C)CC4)ncnc23)c(F)c1. The number of thiophene rings is 1. The number of hydroxylamine groups is 1. The van der Waals surface area contributed by atoms with Crippen molar-refractivity contribution in [1.29, 1.82) is 0 Å². The number of carbonyl (C=O) groups is 1. The molecule has 2 aromatic heterocycles. The van der Waals surface area contributed by atoms with Crippen LogP contribution in [-0.2, 0) is 4.74 Å². The number of hydrogen-bond donors (Lipinski definition) is 0. The average molecular weight is 528 g/mol. The lowest BCUT2D eigenvalue weighted by atomic mass is 10.0. The Bertz CT molecular complexity index is 1310. The Labute approximate surface area is 221 Å². The van der Waals surface area contributed by atoms with Gasteiger partial charge in [0.25, 0.3) is 0 Å². The van der Waals surface area contributed by atoms with Crippen LogP contribution < -0.4 is 4.90 Å². The van der Waals surface area contributed by atoms with Gasteiger partial charge in [0.1, 0.15) is 23.6 Å². The molecule has 37 heavy (non-hydrogen) atoms. The molecule has 1 fully saturated rings. The van der Waals surface area contributed by atoms with E-state index in [1.165, 1.54) is 29.9 Å². The van der Waals surface area contributed by atoms with Gasteiger partial charge in [-0.3, -0.25) is 0 Å². The summed E-state index contributed by atoms with van der Waals surface area (Å²) >= 11 is 1.48. The predicted molar refractivity (Wildman–Crippen MR) is 146 cm³/mol. The molecule has 0 saturated carbocycles. The number of aromatic nitrogens is 2. The van der Waals surface area contributed by atoms with Crippen molar-refractivity contribution in [1.82, 2.24) is 14.9 Å². The second kappa shape index (κ2) is 10.6. The Morgan fingerprint density at radius 3 is 2.59 bits per heavy atom. The van der Waals surface area contributed by atoms with Crippen LogP contribution in [0.3, 0.4) is 0 Å². The van der Waals surface area contributed by atoms with E-state index in [2.05, 4.69) is 14.9 Å². The van der Waals surface area contributed by atoms with Crippen molar-refractivity contribution in [2.24, 2.45) is 0 Å². The summed E-state index contributed by atoms with van der Waals surface area (Å²) in [5.74, 6) is 0.384. The van der Waals surface area contributed by atoms with E-state index in [0.717, 1.165) is 28.1 Å². The lowest BCUT2D eigenvalue weighted by molar-refractivity contribution is -0.487. The van der Waals surface area contributed by atoms with Crippen LogP contribution in [-0.4, -0.2) is 69.7 Å². The molecular weight excluding hydrogens is 493 g/mol. The largest absolute Gasteiger partial charge is 0.624 e. The Morgan fingerprint density at radius 1 is 1.27 bits per heavy atom. The minimum Gasteiger partial charge on any atom is -0.624 e. The number of halogens is 1. The molecule has 4 rings (SSSR count). The molecule has 0 spiro atoms. The zero-order chi connectivity index (χ0) is 26.9. The lowest BCUT2D eigenvalue weighted by Gasteiger charge is -2.37. The van der Waals surface area contributed by atoms with Gasteiger partial charge >= 0.3 is 6.09 Å². The smallest absolute Gasteiger partial charge is 0.410 e. The van der Waals surface area contributed by atoms with Gasteiger partial charge in [0, 0.05) is 48.2 Å². The van der Waals surface area contributed by atoms with Gasteiger partial charge < -0.3 is 19.7 Å². The summed E-state index contributed by atoms with van der Waals surface area (Å²) in [6, 6.07) is 4.78. The first-order valence-electron chi connectivity index (χ1n) is 12.5. The second-order valence-electron chi connectivity index (χ2n) is 10.7. The molecule has 0 radical (unpaired) electrons. The molecule has 0 aliphatic carbocycles. The summed E-state index contributed by atoms with van der Waals surface area (Å²) in [5.41, 5.74) is 1.82. The number of piperidine rings is 1. The van der Waals surface area contributed by atoms with E-state index < -0.39 is 11.4 Å². The van der Waals surface area contributed by atoms with Crippen molar-refractivity contribution in [3.63, 3.8) is 0 Å². The Hall–Kier alpha value is -3.27. The molecule has 10 heteroatoms. The lowest BCUT2D eigenvalue weighted by Crippen LogP contribution is -2.47. The van der Waals surface area contributed by atoms with Gasteiger partial charge in [-0.2, -0.15) is 0 Å². The zero-order valence-corrected chi connectivity index (χ0v) is 23.0.